The highest BCUT2D eigenvalue weighted by Crippen LogP contribution is 2.49. The Morgan fingerprint density at radius 3 is 1.50 bits per heavy atom. The molecule has 0 aliphatic heterocycles. The van der Waals surface area contributed by atoms with Crippen LogP contribution in [0, 0.1) is 0 Å². The monoisotopic (exact) mass is 720 g/mol. The van der Waals surface area contributed by atoms with Gasteiger partial charge in [0.15, 0.2) is 0 Å². The third-order valence-electron chi connectivity index (χ3n) is 8.34. The SMILES string of the molecule is IN(c1ccccc1)c1cccc2sc3c(N(c4cccc(-c5ccccc5)c4)c4cccc(-c5ccccc5)c4)cccc3c12. The molecule has 0 spiro atoms. The largest absolute Gasteiger partial charge is 0.309 e. The van der Waals surface area contributed by atoms with Crippen molar-refractivity contribution >= 4 is 82.8 Å². The van der Waals surface area contributed by atoms with Crippen LogP contribution >= 0.6 is 34.2 Å². The summed E-state index contributed by atoms with van der Waals surface area (Å²) in [6, 6.07) is 63.0. The molecule has 0 atom stereocenters. The zero-order valence-electron chi connectivity index (χ0n) is 24.9. The standard InChI is InChI=1S/C42H29IN2S/c43-45(34-20-8-3-9-21-34)38-25-13-27-40-41(38)37-24-12-26-39(42(37)46-40)44(35-22-10-18-32(28-35)30-14-4-1-5-15-30)36-23-11-19-33(29-36)31-16-6-2-7-17-31/h1-29H. The Kier molecular flexibility index (Phi) is 7.74. The Labute approximate surface area is 287 Å². The highest BCUT2D eigenvalue weighted by molar-refractivity contribution is 14.1. The van der Waals surface area contributed by atoms with Crippen LogP contribution in [0.5, 0.6) is 0 Å². The highest BCUT2D eigenvalue weighted by Gasteiger charge is 2.21. The molecule has 0 saturated carbocycles. The van der Waals surface area contributed by atoms with Gasteiger partial charge < -0.3 is 4.90 Å². The molecule has 0 aliphatic rings. The molecule has 7 aromatic carbocycles. The summed E-state index contributed by atoms with van der Waals surface area (Å²) in [4.78, 5) is 2.43. The third kappa shape index (κ3) is 5.34. The molecular weight excluding hydrogens is 691 g/mol. The number of nitrogens with zero attached hydrogens (tertiary/aromatic N) is 2. The molecule has 46 heavy (non-hydrogen) atoms. The van der Waals surface area contributed by atoms with Crippen LogP contribution in [0.25, 0.3) is 42.4 Å². The van der Waals surface area contributed by atoms with Gasteiger partial charge in [-0.05, 0) is 76.9 Å². The minimum absolute atomic E-state index is 1.12. The maximum Gasteiger partial charge on any atom is 0.0646 e. The maximum atomic E-state index is 2.44. The van der Waals surface area contributed by atoms with Gasteiger partial charge in [-0.25, -0.2) is 0 Å². The van der Waals surface area contributed by atoms with Gasteiger partial charge in [0.05, 0.1) is 44.6 Å². The number of anilines is 5. The van der Waals surface area contributed by atoms with E-state index in [0.29, 0.717) is 0 Å². The highest BCUT2D eigenvalue weighted by atomic mass is 127. The van der Waals surface area contributed by atoms with Crippen molar-refractivity contribution in [2.45, 2.75) is 0 Å². The second kappa shape index (κ2) is 12.5. The van der Waals surface area contributed by atoms with E-state index < -0.39 is 0 Å². The average Bonchev–Trinajstić information content (AvgIpc) is 3.53. The Morgan fingerprint density at radius 2 is 0.891 bits per heavy atom. The summed E-state index contributed by atoms with van der Waals surface area (Å²) in [7, 11) is 0. The van der Waals surface area contributed by atoms with Gasteiger partial charge in [0.1, 0.15) is 0 Å². The van der Waals surface area contributed by atoms with E-state index in [1.807, 2.05) is 11.3 Å². The summed E-state index contributed by atoms with van der Waals surface area (Å²) in [5.74, 6) is 0. The van der Waals surface area contributed by atoms with Gasteiger partial charge >= 0.3 is 0 Å². The van der Waals surface area contributed by atoms with Gasteiger partial charge in [-0.3, -0.25) is 3.11 Å². The summed E-state index contributed by atoms with van der Waals surface area (Å²) < 4.78 is 4.80. The molecule has 0 aliphatic carbocycles. The minimum Gasteiger partial charge on any atom is -0.309 e. The molecule has 0 N–H and O–H groups in total. The van der Waals surface area contributed by atoms with Crippen molar-refractivity contribution in [2.24, 2.45) is 0 Å². The summed E-state index contributed by atoms with van der Waals surface area (Å²) >= 11 is 4.30. The molecular formula is C42H29IN2S. The van der Waals surface area contributed by atoms with Gasteiger partial charge in [0, 0.05) is 26.8 Å². The molecule has 0 unspecified atom stereocenters. The number of para-hydroxylation sites is 1. The number of fused-ring (bicyclic) bond motifs is 3. The number of hydrogen-bond acceptors (Lipinski definition) is 3. The van der Waals surface area contributed by atoms with E-state index in [2.05, 4.69) is 207 Å². The van der Waals surface area contributed by atoms with E-state index in [-0.39, 0.29) is 0 Å². The van der Waals surface area contributed by atoms with Gasteiger partial charge in [0.25, 0.3) is 0 Å². The first kappa shape index (κ1) is 28.6. The molecule has 0 amide bonds. The number of thiophene rings is 1. The zero-order valence-corrected chi connectivity index (χ0v) is 27.9. The van der Waals surface area contributed by atoms with Crippen molar-refractivity contribution in [2.75, 3.05) is 8.01 Å². The fourth-order valence-corrected chi connectivity index (χ4v) is 8.14. The lowest BCUT2D eigenvalue weighted by atomic mass is 10.0. The molecule has 0 bridgehead atoms. The van der Waals surface area contributed by atoms with E-state index in [4.69, 9.17) is 0 Å². The van der Waals surface area contributed by atoms with Crippen LogP contribution in [0.4, 0.5) is 28.4 Å². The molecule has 1 heterocycles. The number of rotatable bonds is 7. The minimum atomic E-state index is 1.12. The van der Waals surface area contributed by atoms with Gasteiger partial charge in [-0.1, -0.05) is 121 Å². The predicted molar refractivity (Wildman–Crippen MR) is 207 cm³/mol. The molecule has 1 aromatic heterocycles. The van der Waals surface area contributed by atoms with Crippen LogP contribution in [-0.2, 0) is 0 Å². The fourth-order valence-electron chi connectivity index (χ4n) is 6.19. The maximum absolute atomic E-state index is 2.44. The van der Waals surface area contributed by atoms with Gasteiger partial charge in [0.2, 0.25) is 0 Å². The van der Waals surface area contributed by atoms with Crippen LogP contribution in [-0.4, -0.2) is 0 Å². The lowest BCUT2D eigenvalue weighted by molar-refractivity contribution is 1.30. The fraction of sp³-hybridized carbons (Fsp3) is 0. The lowest BCUT2D eigenvalue weighted by Gasteiger charge is -2.27. The average molecular weight is 721 g/mol. The molecule has 8 aromatic rings. The summed E-state index contributed by atoms with van der Waals surface area (Å²) in [5.41, 5.74) is 10.5. The second-order valence-electron chi connectivity index (χ2n) is 11.2. The number of benzene rings is 7. The molecule has 0 saturated heterocycles. The van der Waals surface area contributed by atoms with Crippen molar-refractivity contribution in [3.63, 3.8) is 0 Å². The second-order valence-corrected chi connectivity index (χ2v) is 13.2. The third-order valence-corrected chi connectivity index (χ3v) is 10.6. The molecule has 0 fully saturated rings. The van der Waals surface area contributed by atoms with Crippen molar-refractivity contribution in [3.8, 4) is 22.3 Å². The van der Waals surface area contributed by atoms with Gasteiger partial charge in [-0.15, -0.1) is 11.3 Å². The summed E-state index contributed by atoms with van der Waals surface area (Å²) in [5, 5.41) is 2.53. The van der Waals surface area contributed by atoms with E-state index in [1.165, 1.54) is 53.8 Å². The summed E-state index contributed by atoms with van der Waals surface area (Å²) in [6.45, 7) is 0. The first-order valence-corrected chi connectivity index (χ1v) is 17.1. The smallest absolute Gasteiger partial charge is 0.0646 e. The van der Waals surface area contributed by atoms with E-state index >= 15 is 0 Å². The Balaban J connectivity index is 1.35. The van der Waals surface area contributed by atoms with Crippen LogP contribution in [0.3, 0.4) is 0 Å². The topological polar surface area (TPSA) is 6.48 Å². The lowest BCUT2D eigenvalue weighted by Crippen LogP contribution is -2.10. The van der Waals surface area contributed by atoms with Crippen molar-refractivity contribution < 1.29 is 0 Å². The number of hydrogen-bond donors (Lipinski definition) is 0. The van der Waals surface area contributed by atoms with Crippen molar-refractivity contribution in [1.29, 1.82) is 0 Å². The first-order valence-electron chi connectivity index (χ1n) is 15.3. The van der Waals surface area contributed by atoms with Crippen molar-refractivity contribution in [3.05, 3.63) is 176 Å². The van der Waals surface area contributed by atoms with Crippen molar-refractivity contribution in [1.82, 2.24) is 0 Å². The molecule has 0 radical (unpaired) electrons. The summed E-state index contributed by atoms with van der Waals surface area (Å²) in [6.07, 6.45) is 0. The molecule has 8 rings (SSSR count). The normalized spacial score (nSPS) is 11.2. The van der Waals surface area contributed by atoms with Crippen LogP contribution in [0.15, 0.2) is 176 Å². The molecule has 220 valence electrons. The Morgan fingerprint density at radius 1 is 0.413 bits per heavy atom. The van der Waals surface area contributed by atoms with Crippen LogP contribution in [0.1, 0.15) is 0 Å². The van der Waals surface area contributed by atoms with E-state index in [0.717, 1.165) is 17.1 Å². The molecule has 2 nitrogen and oxygen atoms in total. The van der Waals surface area contributed by atoms with Crippen LogP contribution < -0.4 is 8.01 Å². The Bertz CT molecular complexity index is 2200. The number of halogens is 1. The molecule has 4 heteroatoms. The van der Waals surface area contributed by atoms with E-state index in [1.54, 1.807) is 0 Å². The Hall–Kier alpha value is -4.91. The predicted octanol–water partition coefficient (Wildman–Crippen LogP) is 13.3. The van der Waals surface area contributed by atoms with E-state index in [9.17, 15) is 0 Å². The first-order chi connectivity index (χ1) is 22.7. The van der Waals surface area contributed by atoms with Crippen LogP contribution in [0.2, 0.25) is 0 Å². The van der Waals surface area contributed by atoms with Gasteiger partial charge in [-0.2, -0.15) is 0 Å². The quantitative estimate of drug-likeness (QED) is 0.119. The zero-order chi connectivity index (χ0) is 30.9.